The minimum Gasteiger partial charge on any atom is -0.355 e. The summed E-state index contributed by atoms with van der Waals surface area (Å²) < 4.78 is 26.3. The van der Waals surface area contributed by atoms with E-state index in [1.54, 1.807) is 7.05 Å². The molecule has 1 aliphatic heterocycles. The van der Waals surface area contributed by atoms with Crippen molar-refractivity contribution in [1.29, 1.82) is 0 Å². The van der Waals surface area contributed by atoms with E-state index >= 15 is 0 Å². The maximum absolute atomic E-state index is 11.8. The lowest BCUT2D eigenvalue weighted by molar-refractivity contribution is 0.377. The van der Waals surface area contributed by atoms with Gasteiger partial charge in [-0.15, -0.1) is 0 Å². The van der Waals surface area contributed by atoms with Crippen LogP contribution in [0.15, 0.2) is 4.99 Å². The van der Waals surface area contributed by atoms with E-state index in [1.807, 2.05) is 25.6 Å². The van der Waals surface area contributed by atoms with E-state index in [9.17, 15) is 8.42 Å². The molecule has 0 amide bonds. The van der Waals surface area contributed by atoms with E-state index in [2.05, 4.69) is 33.8 Å². The van der Waals surface area contributed by atoms with Crippen molar-refractivity contribution in [2.75, 3.05) is 38.2 Å². The predicted molar refractivity (Wildman–Crippen MR) is 91.5 cm³/mol. The van der Waals surface area contributed by atoms with Gasteiger partial charge in [-0.3, -0.25) is 4.99 Å². The highest BCUT2D eigenvalue weighted by molar-refractivity contribution is 8.00. The van der Waals surface area contributed by atoms with Gasteiger partial charge in [-0.05, 0) is 27.7 Å². The highest BCUT2D eigenvalue weighted by Gasteiger charge is 2.28. The topological polar surface area (TPSA) is 73.8 Å². The molecule has 0 aromatic carbocycles. The Morgan fingerprint density at radius 2 is 2.10 bits per heavy atom. The zero-order chi connectivity index (χ0) is 16.1. The lowest BCUT2D eigenvalue weighted by atomic mass is 10.2. The quantitative estimate of drug-likeness (QED) is 0.572. The fraction of sp³-hybridized carbons (Fsp3) is 0.923. The van der Waals surface area contributed by atoms with Gasteiger partial charge in [-0.2, -0.15) is 11.8 Å². The Morgan fingerprint density at radius 1 is 1.43 bits per heavy atom. The zero-order valence-corrected chi connectivity index (χ0v) is 15.3. The van der Waals surface area contributed by atoms with E-state index in [1.165, 1.54) is 0 Å². The molecule has 0 bridgehead atoms. The summed E-state index contributed by atoms with van der Waals surface area (Å²) in [5.41, 5.74) is 0. The smallest absolute Gasteiger partial charge is 0.213 e. The normalized spacial score (nSPS) is 19.9. The number of nitrogens with zero attached hydrogens (tertiary/aromatic N) is 2. The molecule has 21 heavy (non-hydrogen) atoms. The van der Waals surface area contributed by atoms with Gasteiger partial charge in [0.2, 0.25) is 10.0 Å². The van der Waals surface area contributed by atoms with Crippen LogP contribution in [0.1, 0.15) is 27.7 Å². The monoisotopic (exact) mass is 336 g/mol. The molecule has 0 aromatic heterocycles. The largest absolute Gasteiger partial charge is 0.355 e. The third kappa shape index (κ3) is 6.88. The van der Waals surface area contributed by atoms with Crippen molar-refractivity contribution in [3.8, 4) is 0 Å². The van der Waals surface area contributed by atoms with Crippen LogP contribution in [0.2, 0.25) is 0 Å². The van der Waals surface area contributed by atoms with Crippen LogP contribution in [0.3, 0.4) is 0 Å². The van der Waals surface area contributed by atoms with Crippen molar-refractivity contribution in [2.45, 2.75) is 38.5 Å². The average molecular weight is 337 g/mol. The number of sulfonamides is 1. The Bertz CT molecular complexity index is 461. The molecule has 1 rings (SSSR count). The molecule has 1 fully saturated rings. The van der Waals surface area contributed by atoms with Crippen LogP contribution >= 0.6 is 11.8 Å². The van der Waals surface area contributed by atoms with Crippen molar-refractivity contribution in [3.63, 3.8) is 0 Å². The standard InChI is InChI=1S/C13H28N4O2S2/c1-11(2)16-21(18,19)9-6-15-12(14-5)17-7-8-20-13(3,4)10-17/h11,16H,6-10H2,1-5H3,(H,14,15). The molecular weight excluding hydrogens is 308 g/mol. The van der Waals surface area contributed by atoms with Crippen molar-refractivity contribution < 1.29 is 8.42 Å². The first-order valence-electron chi connectivity index (χ1n) is 7.25. The van der Waals surface area contributed by atoms with Crippen molar-refractivity contribution >= 4 is 27.7 Å². The molecule has 8 heteroatoms. The second kappa shape index (κ2) is 7.69. The Labute approximate surface area is 133 Å². The second-order valence-electron chi connectivity index (χ2n) is 6.10. The van der Waals surface area contributed by atoms with Crippen molar-refractivity contribution in [3.05, 3.63) is 0 Å². The van der Waals surface area contributed by atoms with E-state index in [0.717, 1.165) is 24.8 Å². The number of hydrogen-bond acceptors (Lipinski definition) is 4. The summed E-state index contributed by atoms with van der Waals surface area (Å²) in [5.74, 6) is 1.89. The van der Waals surface area contributed by atoms with E-state index < -0.39 is 10.0 Å². The summed E-state index contributed by atoms with van der Waals surface area (Å²) >= 11 is 1.96. The molecule has 124 valence electrons. The van der Waals surface area contributed by atoms with Gasteiger partial charge in [0.15, 0.2) is 5.96 Å². The molecule has 0 atom stereocenters. The average Bonchev–Trinajstić information content (AvgIpc) is 2.31. The number of nitrogens with one attached hydrogen (secondary N) is 2. The summed E-state index contributed by atoms with van der Waals surface area (Å²) in [7, 11) is -1.49. The third-order valence-corrected chi connectivity index (χ3v) is 5.88. The van der Waals surface area contributed by atoms with Gasteiger partial charge in [0.1, 0.15) is 0 Å². The maximum atomic E-state index is 11.8. The summed E-state index contributed by atoms with van der Waals surface area (Å²) in [6.45, 7) is 10.3. The van der Waals surface area contributed by atoms with E-state index in [-0.39, 0.29) is 16.5 Å². The van der Waals surface area contributed by atoms with Crippen LogP contribution in [-0.4, -0.2) is 68.3 Å². The van der Waals surface area contributed by atoms with Gasteiger partial charge >= 0.3 is 0 Å². The van der Waals surface area contributed by atoms with E-state index in [0.29, 0.717) is 6.54 Å². The minimum absolute atomic E-state index is 0.0518. The molecule has 0 radical (unpaired) electrons. The van der Waals surface area contributed by atoms with Crippen LogP contribution in [0.25, 0.3) is 0 Å². The highest BCUT2D eigenvalue weighted by atomic mass is 32.2. The SMILES string of the molecule is CN=C(NCCS(=O)(=O)NC(C)C)N1CCSC(C)(C)C1. The molecule has 0 spiro atoms. The molecule has 2 N–H and O–H groups in total. The maximum Gasteiger partial charge on any atom is 0.213 e. The minimum atomic E-state index is -3.23. The molecule has 0 saturated carbocycles. The van der Waals surface area contributed by atoms with Gasteiger partial charge in [0.25, 0.3) is 0 Å². The predicted octanol–water partition coefficient (Wildman–Crippen LogP) is 0.717. The number of hydrogen-bond donors (Lipinski definition) is 2. The molecule has 1 saturated heterocycles. The highest BCUT2D eigenvalue weighted by Crippen LogP contribution is 2.29. The fourth-order valence-electron chi connectivity index (χ4n) is 2.24. The molecule has 1 heterocycles. The van der Waals surface area contributed by atoms with E-state index in [4.69, 9.17) is 0 Å². The molecular formula is C13H28N4O2S2. The first kappa shape index (κ1) is 18.6. The Balaban J connectivity index is 2.49. The van der Waals surface area contributed by atoms with Crippen LogP contribution in [0, 0.1) is 0 Å². The lowest BCUT2D eigenvalue weighted by Crippen LogP contribution is -2.51. The molecule has 0 aromatic rings. The van der Waals surface area contributed by atoms with Gasteiger partial charge < -0.3 is 10.2 Å². The third-order valence-electron chi connectivity index (χ3n) is 3.01. The number of rotatable bonds is 5. The Morgan fingerprint density at radius 3 is 2.62 bits per heavy atom. The molecule has 0 unspecified atom stereocenters. The van der Waals surface area contributed by atoms with Gasteiger partial charge in [0.05, 0.1) is 5.75 Å². The van der Waals surface area contributed by atoms with Crippen LogP contribution < -0.4 is 10.0 Å². The molecule has 6 nitrogen and oxygen atoms in total. The van der Waals surface area contributed by atoms with Crippen LogP contribution in [0.5, 0.6) is 0 Å². The Hall–Kier alpha value is -0.470. The number of thioether (sulfide) groups is 1. The van der Waals surface area contributed by atoms with Crippen LogP contribution in [0.4, 0.5) is 0 Å². The summed E-state index contributed by atoms with van der Waals surface area (Å²) in [5, 5.41) is 3.15. The second-order valence-corrected chi connectivity index (χ2v) is 9.77. The van der Waals surface area contributed by atoms with Crippen molar-refractivity contribution in [1.82, 2.24) is 14.9 Å². The fourth-order valence-corrected chi connectivity index (χ4v) is 4.56. The first-order valence-corrected chi connectivity index (χ1v) is 9.88. The van der Waals surface area contributed by atoms with Gasteiger partial charge in [0, 0.05) is 43.2 Å². The Kier molecular flexibility index (Phi) is 6.80. The summed E-state index contributed by atoms with van der Waals surface area (Å²) in [6.07, 6.45) is 0. The van der Waals surface area contributed by atoms with Crippen LogP contribution in [-0.2, 0) is 10.0 Å². The number of aliphatic imine (C=N–C) groups is 1. The lowest BCUT2D eigenvalue weighted by Gasteiger charge is -2.39. The summed E-state index contributed by atoms with van der Waals surface area (Å²) in [6, 6.07) is -0.0748. The van der Waals surface area contributed by atoms with Gasteiger partial charge in [-0.1, -0.05) is 0 Å². The number of guanidine groups is 1. The molecule has 0 aliphatic carbocycles. The zero-order valence-electron chi connectivity index (χ0n) is 13.6. The molecule has 1 aliphatic rings. The van der Waals surface area contributed by atoms with Gasteiger partial charge in [-0.25, -0.2) is 13.1 Å². The first-order chi connectivity index (χ1) is 9.65. The van der Waals surface area contributed by atoms with Crippen molar-refractivity contribution in [2.24, 2.45) is 4.99 Å². The summed E-state index contributed by atoms with van der Waals surface area (Å²) in [4.78, 5) is 6.46.